The third-order valence-corrected chi connectivity index (χ3v) is 4.27. The fourth-order valence-corrected chi connectivity index (χ4v) is 2.96. The molecule has 9 nitrogen and oxygen atoms in total. The molecule has 1 fully saturated rings. The topological polar surface area (TPSA) is 95.3 Å². The number of aryl methyl sites for hydroxylation is 2. The number of carbonyl (C=O) groups is 1. The second-order valence-corrected chi connectivity index (χ2v) is 5.91. The summed E-state index contributed by atoms with van der Waals surface area (Å²) in [5, 5.41) is 15.2. The summed E-state index contributed by atoms with van der Waals surface area (Å²) in [7, 11) is 0. The molecule has 1 aliphatic heterocycles. The highest BCUT2D eigenvalue weighted by atomic mass is 16.2. The van der Waals surface area contributed by atoms with Crippen molar-refractivity contribution in [1.29, 1.82) is 0 Å². The minimum Gasteiger partial charge on any atom is -0.350 e. The van der Waals surface area contributed by atoms with E-state index in [0.717, 1.165) is 23.0 Å². The maximum atomic E-state index is 12.5. The second-order valence-electron chi connectivity index (χ2n) is 5.91. The Balaban J connectivity index is 1.50. The molecule has 0 saturated carbocycles. The van der Waals surface area contributed by atoms with Crippen LogP contribution in [0.2, 0.25) is 0 Å². The maximum Gasteiger partial charge on any atom is 0.274 e. The Morgan fingerprint density at radius 2 is 1.96 bits per heavy atom. The molecule has 9 heteroatoms. The van der Waals surface area contributed by atoms with Crippen LogP contribution in [-0.4, -0.2) is 66.8 Å². The highest BCUT2D eigenvalue weighted by Gasteiger charge is 2.25. The molecule has 0 atom stereocenters. The fraction of sp³-hybridized carbons (Fsp3) is 0.400. The lowest BCUT2D eigenvalue weighted by Gasteiger charge is -2.35. The van der Waals surface area contributed by atoms with Gasteiger partial charge in [-0.25, -0.2) is 4.98 Å². The number of H-pyrrole nitrogens is 1. The van der Waals surface area contributed by atoms with Crippen molar-refractivity contribution in [1.82, 2.24) is 34.7 Å². The fourth-order valence-electron chi connectivity index (χ4n) is 2.96. The number of carbonyl (C=O) groups excluding carboxylic acids is 1. The van der Waals surface area contributed by atoms with Crippen LogP contribution >= 0.6 is 0 Å². The lowest BCUT2D eigenvalue weighted by Crippen LogP contribution is -2.49. The molecule has 24 heavy (non-hydrogen) atoms. The van der Waals surface area contributed by atoms with Crippen LogP contribution in [0.3, 0.4) is 0 Å². The van der Waals surface area contributed by atoms with Crippen molar-refractivity contribution >= 4 is 17.4 Å². The van der Waals surface area contributed by atoms with Gasteiger partial charge in [0.05, 0.1) is 0 Å². The number of anilines is 1. The van der Waals surface area contributed by atoms with E-state index in [1.165, 1.54) is 0 Å². The predicted molar refractivity (Wildman–Crippen MR) is 87.0 cm³/mol. The zero-order chi connectivity index (χ0) is 16.7. The van der Waals surface area contributed by atoms with Gasteiger partial charge in [0.15, 0.2) is 5.82 Å². The van der Waals surface area contributed by atoms with Crippen LogP contribution in [0.1, 0.15) is 22.0 Å². The van der Waals surface area contributed by atoms with Crippen molar-refractivity contribution in [2.24, 2.45) is 0 Å². The summed E-state index contributed by atoms with van der Waals surface area (Å²) >= 11 is 0. The Labute approximate surface area is 138 Å². The molecule has 3 aromatic heterocycles. The summed E-state index contributed by atoms with van der Waals surface area (Å²) in [5.74, 6) is 1.60. The summed E-state index contributed by atoms with van der Waals surface area (Å²) in [4.78, 5) is 20.9. The molecule has 4 heterocycles. The number of fused-ring (bicyclic) bond motifs is 1. The quantitative estimate of drug-likeness (QED) is 0.733. The van der Waals surface area contributed by atoms with E-state index in [2.05, 4.69) is 30.3 Å². The molecule has 3 aromatic rings. The lowest BCUT2D eigenvalue weighted by molar-refractivity contribution is 0.0740. The standard InChI is InChI=1S/C15H18N8O/c1-10-9-12(19-17-10)15(24)22-7-5-21(6-8-22)13-14-20-18-11(2)23(14)4-3-16-13/h3-4,9H,5-8H2,1-2H3,(H,17,19). The number of nitrogens with one attached hydrogen (secondary N) is 1. The van der Waals surface area contributed by atoms with Gasteiger partial charge in [0.2, 0.25) is 5.65 Å². The van der Waals surface area contributed by atoms with Gasteiger partial charge in [0.1, 0.15) is 11.5 Å². The first-order valence-corrected chi connectivity index (χ1v) is 7.86. The van der Waals surface area contributed by atoms with Gasteiger partial charge < -0.3 is 9.80 Å². The van der Waals surface area contributed by atoms with Crippen LogP contribution < -0.4 is 4.90 Å². The number of hydrogen-bond acceptors (Lipinski definition) is 6. The van der Waals surface area contributed by atoms with E-state index in [9.17, 15) is 4.79 Å². The molecule has 124 valence electrons. The zero-order valence-electron chi connectivity index (χ0n) is 13.6. The summed E-state index contributed by atoms with van der Waals surface area (Å²) in [6, 6.07) is 1.77. The highest BCUT2D eigenvalue weighted by molar-refractivity contribution is 5.92. The van der Waals surface area contributed by atoms with Gasteiger partial charge in [-0.2, -0.15) is 5.10 Å². The Morgan fingerprint density at radius 3 is 2.67 bits per heavy atom. The number of rotatable bonds is 2. The van der Waals surface area contributed by atoms with E-state index >= 15 is 0 Å². The molecule has 0 bridgehead atoms. The van der Waals surface area contributed by atoms with E-state index in [0.29, 0.717) is 31.9 Å². The number of piperazine rings is 1. The number of aromatic amines is 1. The van der Waals surface area contributed by atoms with Gasteiger partial charge in [0.25, 0.3) is 5.91 Å². The van der Waals surface area contributed by atoms with Crippen LogP contribution in [0.4, 0.5) is 5.82 Å². The van der Waals surface area contributed by atoms with Crippen molar-refractivity contribution < 1.29 is 4.79 Å². The summed E-state index contributed by atoms with van der Waals surface area (Å²) in [6.07, 6.45) is 3.61. The van der Waals surface area contributed by atoms with Crippen molar-refractivity contribution in [3.8, 4) is 0 Å². The van der Waals surface area contributed by atoms with Gasteiger partial charge in [0, 0.05) is 44.3 Å². The van der Waals surface area contributed by atoms with Crippen molar-refractivity contribution in [2.45, 2.75) is 13.8 Å². The number of hydrogen-bond donors (Lipinski definition) is 1. The largest absolute Gasteiger partial charge is 0.350 e. The van der Waals surface area contributed by atoms with Crippen LogP contribution in [0.25, 0.3) is 5.65 Å². The first kappa shape index (κ1) is 14.6. The van der Waals surface area contributed by atoms with Gasteiger partial charge in [-0.1, -0.05) is 0 Å². The molecule has 1 aliphatic rings. The minimum absolute atomic E-state index is 0.0384. The number of nitrogens with zero attached hydrogens (tertiary/aromatic N) is 7. The third-order valence-electron chi connectivity index (χ3n) is 4.27. The first-order chi connectivity index (χ1) is 11.6. The summed E-state index contributed by atoms with van der Waals surface area (Å²) < 4.78 is 1.92. The van der Waals surface area contributed by atoms with Gasteiger partial charge in [-0.15, -0.1) is 10.2 Å². The highest BCUT2D eigenvalue weighted by Crippen LogP contribution is 2.19. The predicted octanol–water partition coefficient (Wildman–Crippen LogP) is 0.427. The van der Waals surface area contributed by atoms with Crippen molar-refractivity contribution in [3.63, 3.8) is 0 Å². The molecule has 4 rings (SSSR count). The first-order valence-electron chi connectivity index (χ1n) is 7.86. The lowest BCUT2D eigenvalue weighted by atomic mass is 10.2. The molecule has 0 unspecified atom stereocenters. The van der Waals surface area contributed by atoms with E-state index in [4.69, 9.17) is 0 Å². The Hall–Kier alpha value is -2.97. The SMILES string of the molecule is Cc1cc(C(=O)N2CCN(c3nccn4c(C)nnc34)CC2)n[nH]1. The third kappa shape index (κ3) is 2.38. The number of aromatic nitrogens is 6. The monoisotopic (exact) mass is 326 g/mol. The minimum atomic E-state index is -0.0384. The number of amides is 1. The molecule has 1 amide bonds. The normalized spacial score (nSPS) is 15.2. The summed E-state index contributed by atoms with van der Waals surface area (Å²) in [5.41, 5.74) is 2.10. The molecule has 0 spiro atoms. The van der Waals surface area contributed by atoms with E-state index in [-0.39, 0.29) is 5.91 Å². The average Bonchev–Trinajstić information content (AvgIpc) is 3.21. The molecule has 0 aliphatic carbocycles. The second kappa shape index (κ2) is 5.59. The average molecular weight is 326 g/mol. The van der Waals surface area contributed by atoms with Crippen molar-refractivity contribution in [3.05, 3.63) is 35.7 Å². The van der Waals surface area contributed by atoms with Crippen LogP contribution in [0.15, 0.2) is 18.5 Å². The van der Waals surface area contributed by atoms with Crippen LogP contribution in [0.5, 0.6) is 0 Å². The molecular weight excluding hydrogens is 308 g/mol. The summed E-state index contributed by atoms with van der Waals surface area (Å²) in [6.45, 7) is 6.45. The smallest absolute Gasteiger partial charge is 0.274 e. The van der Waals surface area contributed by atoms with Crippen molar-refractivity contribution in [2.75, 3.05) is 31.1 Å². The Kier molecular flexibility index (Phi) is 3.40. The van der Waals surface area contributed by atoms with E-state index < -0.39 is 0 Å². The molecule has 0 radical (unpaired) electrons. The molecular formula is C15H18N8O. The van der Waals surface area contributed by atoms with Crippen LogP contribution in [0, 0.1) is 13.8 Å². The molecule has 1 N–H and O–H groups in total. The molecule has 0 aromatic carbocycles. The van der Waals surface area contributed by atoms with Gasteiger partial charge >= 0.3 is 0 Å². The maximum absolute atomic E-state index is 12.5. The van der Waals surface area contributed by atoms with Gasteiger partial charge in [-0.05, 0) is 19.9 Å². The molecule has 1 saturated heterocycles. The van der Waals surface area contributed by atoms with Crippen LogP contribution in [-0.2, 0) is 0 Å². The Morgan fingerprint density at radius 1 is 1.17 bits per heavy atom. The van der Waals surface area contributed by atoms with E-state index in [1.54, 1.807) is 12.3 Å². The zero-order valence-corrected chi connectivity index (χ0v) is 13.6. The van der Waals surface area contributed by atoms with Gasteiger partial charge in [-0.3, -0.25) is 14.3 Å². The Bertz CT molecular complexity index is 890. The van der Waals surface area contributed by atoms with E-state index in [1.807, 2.05) is 29.3 Å².